The van der Waals surface area contributed by atoms with E-state index in [0.29, 0.717) is 25.8 Å². The van der Waals surface area contributed by atoms with Gasteiger partial charge in [-0.05, 0) is 37.6 Å². The number of carboxylic acids is 1. The van der Waals surface area contributed by atoms with Gasteiger partial charge < -0.3 is 27.2 Å². The lowest BCUT2D eigenvalue weighted by atomic mass is 9.96. The zero-order valence-electron chi connectivity index (χ0n) is 16.5. The second-order valence-electron chi connectivity index (χ2n) is 7.29. The Morgan fingerprint density at radius 3 is 2.12 bits per heavy atom. The molecule has 0 saturated carbocycles. The van der Waals surface area contributed by atoms with Crippen molar-refractivity contribution in [1.82, 2.24) is 10.6 Å². The summed E-state index contributed by atoms with van der Waals surface area (Å²) in [6.45, 7) is 8.05. The molecule has 4 atom stereocenters. The van der Waals surface area contributed by atoms with E-state index in [2.05, 4.69) is 10.6 Å². The van der Waals surface area contributed by atoms with E-state index in [4.69, 9.17) is 11.5 Å². The van der Waals surface area contributed by atoms with Crippen LogP contribution in [0.25, 0.3) is 0 Å². The van der Waals surface area contributed by atoms with Crippen LogP contribution in [0.2, 0.25) is 0 Å². The highest BCUT2D eigenvalue weighted by molar-refractivity contribution is 5.91. The first-order valence-electron chi connectivity index (χ1n) is 9.43. The molecule has 0 rings (SSSR count). The minimum atomic E-state index is -1.08. The Morgan fingerprint density at radius 1 is 1.04 bits per heavy atom. The molecule has 0 spiro atoms. The molecule has 7 N–H and O–H groups in total. The predicted octanol–water partition coefficient (Wildman–Crippen LogP) is 0.589. The van der Waals surface area contributed by atoms with Crippen LogP contribution in [-0.4, -0.2) is 47.6 Å². The Kier molecular flexibility index (Phi) is 11.8. The van der Waals surface area contributed by atoms with E-state index in [9.17, 15) is 19.5 Å². The van der Waals surface area contributed by atoms with Crippen LogP contribution in [0, 0.1) is 11.8 Å². The van der Waals surface area contributed by atoms with Gasteiger partial charge in [0, 0.05) is 0 Å². The lowest BCUT2D eigenvalue weighted by Crippen LogP contribution is -2.56. The van der Waals surface area contributed by atoms with Crippen LogP contribution in [-0.2, 0) is 14.4 Å². The van der Waals surface area contributed by atoms with Gasteiger partial charge in [0.05, 0.1) is 6.04 Å². The summed E-state index contributed by atoms with van der Waals surface area (Å²) in [5.74, 6) is -2.01. The smallest absolute Gasteiger partial charge is 0.326 e. The fraction of sp³-hybridized carbons (Fsp3) is 0.833. The van der Waals surface area contributed by atoms with E-state index in [-0.39, 0.29) is 11.8 Å². The van der Waals surface area contributed by atoms with Gasteiger partial charge in [-0.1, -0.05) is 40.5 Å². The Hall–Kier alpha value is -1.67. The van der Waals surface area contributed by atoms with E-state index in [1.807, 2.05) is 27.7 Å². The molecule has 0 aromatic heterocycles. The minimum absolute atomic E-state index is 0.115. The van der Waals surface area contributed by atoms with E-state index in [1.165, 1.54) is 0 Å². The van der Waals surface area contributed by atoms with Crippen molar-refractivity contribution in [3.05, 3.63) is 0 Å². The maximum atomic E-state index is 12.6. The van der Waals surface area contributed by atoms with Crippen LogP contribution < -0.4 is 22.1 Å². The third-order valence-corrected chi connectivity index (χ3v) is 4.42. The number of hydrogen-bond donors (Lipinski definition) is 5. The van der Waals surface area contributed by atoms with Crippen molar-refractivity contribution in [2.24, 2.45) is 23.3 Å². The van der Waals surface area contributed by atoms with Crippen molar-refractivity contribution in [2.75, 3.05) is 6.54 Å². The van der Waals surface area contributed by atoms with Gasteiger partial charge in [-0.15, -0.1) is 0 Å². The normalized spacial score (nSPS) is 15.8. The highest BCUT2D eigenvalue weighted by Gasteiger charge is 2.31. The SMILES string of the molecule is CCC(C)C(NC(=O)C(N)CCCCN)C(=O)NC(CC(C)C)C(=O)O. The molecular formula is C18H36N4O4. The van der Waals surface area contributed by atoms with Gasteiger partial charge in [0.1, 0.15) is 12.1 Å². The summed E-state index contributed by atoms with van der Waals surface area (Å²) in [6, 6.07) is -2.52. The Bertz CT molecular complexity index is 456. The second kappa shape index (κ2) is 12.6. The summed E-state index contributed by atoms with van der Waals surface area (Å²) < 4.78 is 0. The Balaban J connectivity index is 4.98. The molecule has 0 fully saturated rings. The number of carbonyl (C=O) groups excluding carboxylic acids is 2. The minimum Gasteiger partial charge on any atom is -0.480 e. The average molecular weight is 373 g/mol. The van der Waals surface area contributed by atoms with Crippen molar-refractivity contribution < 1.29 is 19.5 Å². The van der Waals surface area contributed by atoms with Crippen molar-refractivity contribution >= 4 is 17.8 Å². The van der Waals surface area contributed by atoms with Crippen molar-refractivity contribution in [3.8, 4) is 0 Å². The monoisotopic (exact) mass is 372 g/mol. The summed E-state index contributed by atoms with van der Waals surface area (Å²) in [4.78, 5) is 36.3. The Morgan fingerprint density at radius 2 is 1.65 bits per heavy atom. The highest BCUT2D eigenvalue weighted by atomic mass is 16.4. The molecule has 26 heavy (non-hydrogen) atoms. The zero-order valence-corrected chi connectivity index (χ0v) is 16.5. The molecule has 0 heterocycles. The number of nitrogens with one attached hydrogen (secondary N) is 2. The number of carbonyl (C=O) groups is 3. The van der Waals surface area contributed by atoms with E-state index in [1.54, 1.807) is 0 Å². The molecule has 0 aromatic carbocycles. The summed E-state index contributed by atoms with van der Waals surface area (Å²) >= 11 is 0. The number of amides is 2. The lowest BCUT2D eigenvalue weighted by molar-refractivity contribution is -0.143. The first-order valence-corrected chi connectivity index (χ1v) is 9.43. The molecule has 2 amide bonds. The zero-order chi connectivity index (χ0) is 20.3. The number of hydrogen-bond acceptors (Lipinski definition) is 5. The summed E-state index contributed by atoms with van der Waals surface area (Å²) in [5.41, 5.74) is 11.3. The standard InChI is InChI=1S/C18H36N4O4/c1-5-12(4)15(22-16(23)13(20)8-6-7-9-19)17(24)21-14(18(25)26)10-11(2)3/h11-15H,5-10,19-20H2,1-4H3,(H,21,24)(H,22,23)(H,25,26). The third kappa shape index (κ3) is 9.15. The van der Waals surface area contributed by atoms with Crippen molar-refractivity contribution in [2.45, 2.75) is 77.9 Å². The van der Waals surface area contributed by atoms with Crippen molar-refractivity contribution in [1.29, 1.82) is 0 Å². The van der Waals surface area contributed by atoms with Gasteiger partial charge in [0.25, 0.3) is 0 Å². The molecule has 0 radical (unpaired) electrons. The molecule has 8 heteroatoms. The molecule has 0 bridgehead atoms. The summed E-state index contributed by atoms with van der Waals surface area (Å²) in [7, 11) is 0. The lowest BCUT2D eigenvalue weighted by Gasteiger charge is -2.27. The largest absolute Gasteiger partial charge is 0.480 e. The van der Waals surface area contributed by atoms with Crippen LogP contribution in [0.4, 0.5) is 0 Å². The van der Waals surface area contributed by atoms with Gasteiger partial charge in [0.2, 0.25) is 11.8 Å². The molecular weight excluding hydrogens is 336 g/mol. The number of rotatable bonds is 13. The van der Waals surface area contributed by atoms with E-state index >= 15 is 0 Å². The average Bonchev–Trinajstić information content (AvgIpc) is 2.57. The third-order valence-electron chi connectivity index (χ3n) is 4.42. The van der Waals surface area contributed by atoms with Gasteiger partial charge in [0.15, 0.2) is 0 Å². The fourth-order valence-electron chi connectivity index (χ4n) is 2.56. The molecule has 8 nitrogen and oxygen atoms in total. The van der Waals surface area contributed by atoms with Crippen molar-refractivity contribution in [3.63, 3.8) is 0 Å². The van der Waals surface area contributed by atoms with Gasteiger partial charge >= 0.3 is 5.97 Å². The van der Waals surface area contributed by atoms with Gasteiger partial charge in [-0.25, -0.2) is 4.79 Å². The van der Waals surface area contributed by atoms with Crippen LogP contribution in [0.1, 0.15) is 59.8 Å². The maximum absolute atomic E-state index is 12.6. The van der Waals surface area contributed by atoms with Crippen LogP contribution in [0.5, 0.6) is 0 Å². The van der Waals surface area contributed by atoms with E-state index < -0.39 is 35.9 Å². The number of carboxylic acid groups (broad SMARTS) is 1. The Labute approximate surface area is 156 Å². The molecule has 4 unspecified atom stereocenters. The molecule has 0 aliphatic carbocycles. The molecule has 152 valence electrons. The van der Waals surface area contributed by atoms with Crippen LogP contribution >= 0.6 is 0 Å². The predicted molar refractivity (Wildman–Crippen MR) is 101 cm³/mol. The molecule has 0 aliphatic heterocycles. The molecule has 0 aromatic rings. The quantitative estimate of drug-likeness (QED) is 0.299. The first kappa shape index (κ1) is 24.3. The number of unbranched alkanes of at least 4 members (excludes halogenated alkanes) is 1. The molecule has 0 saturated heterocycles. The molecule has 0 aliphatic rings. The van der Waals surface area contributed by atoms with Crippen LogP contribution in [0.15, 0.2) is 0 Å². The van der Waals surface area contributed by atoms with Gasteiger partial charge in [-0.2, -0.15) is 0 Å². The maximum Gasteiger partial charge on any atom is 0.326 e. The summed E-state index contributed by atoms with van der Waals surface area (Å²) in [5, 5.41) is 14.5. The van der Waals surface area contributed by atoms with Crippen LogP contribution in [0.3, 0.4) is 0 Å². The van der Waals surface area contributed by atoms with Gasteiger partial charge in [-0.3, -0.25) is 9.59 Å². The number of aliphatic carboxylic acids is 1. The topological polar surface area (TPSA) is 148 Å². The highest BCUT2D eigenvalue weighted by Crippen LogP contribution is 2.11. The first-order chi connectivity index (χ1) is 12.1. The summed E-state index contributed by atoms with van der Waals surface area (Å²) in [6.07, 6.45) is 2.99. The number of nitrogens with two attached hydrogens (primary N) is 2. The van der Waals surface area contributed by atoms with E-state index in [0.717, 1.165) is 12.8 Å². The second-order valence-corrected chi connectivity index (χ2v) is 7.29. The fourth-order valence-corrected chi connectivity index (χ4v) is 2.56.